The number of hydrogen-bond donors (Lipinski definition) is 12. The van der Waals surface area contributed by atoms with Crippen LogP contribution in [0.25, 0.3) is 0 Å². The van der Waals surface area contributed by atoms with E-state index in [1.54, 1.807) is 6.92 Å². The molecule has 17 nitrogen and oxygen atoms in total. The number of ketones is 1. The highest BCUT2D eigenvalue weighted by Gasteiger charge is 2.48. The molecule has 0 spiro atoms. The van der Waals surface area contributed by atoms with Gasteiger partial charge < -0.3 is 80.2 Å². The molecule has 39 heavy (non-hydrogen) atoms. The third-order valence-electron chi connectivity index (χ3n) is 6.68. The lowest BCUT2D eigenvalue weighted by atomic mass is 9.97. The number of carbonyl (C=O) groups excluding carboxylic acids is 1. The molecule has 230 valence electrons. The van der Waals surface area contributed by atoms with E-state index in [9.17, 15) is 66.1 Å². The molecule has 17 heteroatoms. The fraction of sp³-hybridized carbons (Fsp3) is 0.955. The molecule has 0 saturated carbocycles. The summed E-state index contributed by atoms with van der Waals surface area (Å²) in [6.45, 7) is -0.625. The number of rotatable bonds is 14. The zero-order chi connectivity index (χ0) is 29.6. The zero-order valence-electron chi connectivity index (χ0n) is 21.1. The first-order valence-corrected chi connectivity index (χ1v) is 12.4. The molecule has 2 rings (SSSR count). The van der Waals surface area contributed by atoms with Gasteiger partial charge in [-0.1, -0.05) is 6.92 Å². The standard InChI is InChI=1S/C22H40O17/c1-2-7(24)3-8(25)12(27)16(31)13(28)9(26)5-36-21-20(35)18(33)15(30)11(39-21)6-37-22-19(34)17(32)14(29)10(4-23)38-22/h7,9-24,26-35H,2-6H2,1H3/t7?,9-,10-,11-,12+,13-,14-,15-,16-,17+,18+,19-,20-,21+,22+/m1/s1. The molecule has 12 N–H and O–H groups in total. The van der Waals surface area contributed by atoms with Crippen molar-refractivity contribution in [1.29, 1.82) is 0 Å². The molecule has 0 aromatic heterocycles. The van der Waals surface area contributed by atoms with Crippen LogP contribution in [0.1, 0.15) is 19.8 Å². The molecule has 0 radical (unpaired) electrons. The summed E-state index contributed by atoms with van der Waals surface area (Å²) in [5.41, 5.74) is 0. The lowest BCUT2D eigenvalue weighted by Gasteiger charge is -2.42. The fourth-order valence-electron chi connectivity index (χ4n) is 3.98. The minimum absolute atomic E-state index is 0.201. The predicted octanol–water partition coefficient (Wildman–Crippen LogP) is -7.20. The van der Waals surface area contributed by atoms with Gasteiger partial charge in [-0.2, -0.15) is 0 Å². The number of aliphatic hydroxyl groups is 12. The van der Waals surface area contributed by atoms with E-state index in [-0.39, 0.29) is 6.42 Å². The highest BCUT2D eigenvalue weighted by atomic mass is 16.7. The van der Waals surface area contributed by atoms with Gasteiger partial charge in [-0.15, -0.1) is 0 Å². The molecule has 2 heterocycles. The highest BCUT2D eigenvalue weighted by Crippen LogP contribution is 2.26. The Morgan fingerprint density at radius 1 is 0.744 bits per heavy atom. The van der Waals surface area contributed by atoms with Gasteiger partial charge in [-0.25, -0.2) is 0 Å². The molecule has 0 amide bonds. The van der Waals surface area contributed by atoms with E-state index >= 15 is 0 Å². The molecule has 0 aliphatic carbocycles. The van der Waals surface area contributed by atoms with Crippen molar-refractivity contribution in [2.45, 2.75) is 112 Å². The van der Waals surface area contributed by atoms with Crippen molar-refractivity contribution in [2.24, 2.45) is 0 Å². The van der Waals surface area contributed by atoms with Crippen LogP contribution in [0, 0.1) is 0 Å². The predicted molar refractivity (Wildman–Crippen MR) is 122 cm³/mol. The molecule has 0 bridgehead atoms. The first-order valence-electron chi connectivity index (χ1n) is 12.4. The van der Waals surface area contributed by atoms with Crippen LogP contribution in [-0.2, 0) is 23.7 Å². The summed E-state index contributed by atoms with van der Waals surface area (Å²) in [5, 5.41) is 119. The molecular formula is C22H40O17. The van der Waals surface area contributed by atoms with E-state index in [0.29, 0.717) is 0 Å². The van der Waals surface area contributed by atoms with Crippen LogP contribution in [0.4, 0.5) is 0 Å². The lowest BCUT2D eigenvalue weighted by molar-refractivity contribution is -0.333. The third-order valence-corrected chi connectivity index (χ3v) is 6.68. The van der Waals surface area contributed by atoms with Crippen LogP contribution in [0.15, 0.2) is 0 Å². The van der Waals surface area contributed by atoms with Crippen molar-refractivity contribution in [2.75, 3.05) is 19.8 Å². The topological polar surface area (TPSA) is 297 Å². The van der Waals surface area contributed by atoms with E-state index in [2.05, 4.69) is 0 Å². The summed E-state index contributed by atoms with van der Waals surface area (Å²) in [6, 6.07) is 0. The fourth-order valence-corrected chi connectivity index (χ4v) is 3.98. The molecule has 15 atom stereocenters. The average molecular weight is 577 g/mol. The number of Topliss-reactive ketones (excluding diaryl/α,β-unsaturated/α-hetero) is 1. The van der Waals surface area contributed by atoms with E-state index in [1.165, 1.54) is 0 Å². The Morgan fingerprint density at radius 2 is 1.26 bits per heavy atom. The van der Waals surface area contributed by atoms with E-state index in [0.717, 1.165) is 0 Å². The Bertz CT molecular complexity index is 741. The van der Waals surface area contributed by atoms with Gasteiger partial charge in [0, 0.05) is 6.42 Å². The van der Waals surface area contributed by atoms with Crippen LogP contribution < -0.4 is 0 Å². The quantitative estimate of drug-likeness (QED) is 0.0914. The molecule has 2 saturated heterocycles. The number of carbonyl (C=O) groups is 1. The van der Waals surface area contributed by atoms with Crippen molar-refractivity contribution in [3.63, 3.8) is 0 Å². The molecule has 1 unspecified atom stereocenters. The summed E-state index contributed by atoms with van der Waals surface area (Å²) in [4.78, 5) is 11.9. The average Bonchev–Trinajstić information content (AvgIpc) is 2.92. The van der Waals surface area contributed by atoms with Gasteiger partial charge in [0.05, 0.1) is 25.9 Å². The summed E-state index contributed by atoms with van der Waals surface area (Å²) in [6.07, 6.45) is -26.4. The van der Waals surface area contributed by atoms with Gasteiger partial charge in [0.25, 0.3) is 0 Å². The summed E-state index contributed by atoms with van der Waals surface area (Å²) < 4.78 is 21.0. The van der Waals surface area contributed by atoms with Gasteiger partial charge >= 0.3 is 0 Å². The maximum atomic E-state index is 11.9. The number of ether oxygens (including phenoxy) is 4. The third kappa shape index (κ3) is 8.52. The molecular weight excluding hydrogens is 536 g/mol. The van der Waals surface area contributed by atoms with Crippen molar-refractivity contribution < 1.29 is 85.0 Å². The molecule has 0 aromatic rings. The Balaban J connectivity index is 1.94. The molecule has 2 fully saturated rings. The smallest absolute Gasteiger partial charge is 0.186 e. The number of hydrogen-bond acceptors (Lipinski definition) is 17. The highest BCUT2D eigenvalue weighted by molar-refractivity contribution is 5.83. The maximum absolute atomic E-state index is 11.9. The Hall–Kier alpha value is -0.970. The summed E-state index contributed by atoms with van der Waals surface area (Å²) in [5.74, 6) is -0.977. The van der Waals surface area contributed by atoms with Crippen LogP contribution in [0.5, 0.6) is 0 Å². The van der Waals surface area contributed by atoms with Crippen LogP contribution in [-0.4, -0.2) is 179 Å². The Kier molecular flexibility index (Phi) is 13.4. The normalized spacial score (nSPS) is 39.5. The number of aliphatic hydroxyl groups excluding tert-OH is 12. The Morgan fingerprint density at radius 3 is 1.79 bits per heavy atom. The second kappa shape index (κ2) is 15.3. The van der Waals surface area contributed by atoms with E-state index in [4.69, 9.17) is 18.9 Å². The minimum Gasteiger partial charge on any atom is -0.394 e. The first kappa shape index (κ1) is 34.2. The second-order valence-corrected chi connectivity index (χ2v) is 9.60. The molecule has 2 aliphatic heterocycles. The zero-order valence-corrected chi connectivity index (χ0v) is 21.1. The van der Waals surface area contributed by atoms with Crippen molar-refractivity contribution in [3.05, 3.63) is 0 Å². The van der Waals surface area contributed by atoms with Crippen LogP contribution in [0.2, 0.25) is 0 Å². The SMILES string of the molecule is CCC(O)CC(=O)[C@H](O)[C@@H](O)[C@H](O)[C@H](O)CO[C@H]1O[C@H](CO[C@H]2O[C@H](CO)[C@@H](O)[C@H](O)[C@H]2O)[C@@H](O)[C@H](O)[C@H]1O. The first-order chi connectivity index (χ1) is 18.2. The van der Waals surface area contributed by atoms with Gasteiger partial charge in [0.1, 0.15) is 73.2 Å². The van der Waals surface area contributed by atoms with Crippen LogP contribution >= 0.6 is 0 Å². The monoisotopic (exact) mass is 576 g/mol. The van der Waals surface area contributed by atoms with E-state index in [1.807, 2.05) is 0 Å². The van der Waals surface area contributed by atoms with Gasteiger partial charge in [0.2, 0.25) is 0 Å². The van der Waals surface area contributed by atoms with Crippen molar-refractivity contribution in [1.82, 2.24) is 0 Å². The second-order valence-electron chi connectivity index (χ2n) is 9.60. The van der Waals surface area contributed by atoms with Gasteiger partial charge in [0.15, 0.2) is 18.4 Å². The Labute approximate surface area is 223 Å². The molecule has 0 aromatic carbocycles. The lowest BCUT2D eigenvalue weighted by Crippen LogP contribution is -2.62. The maximum Gasteiger partial charge on any atom is 0.186 e. The summed E-state index contributed by atoms with van der Waals surface area (Å²) in [7, 11) is 0. The largest absolute Gasteiger partial charge is 0.394 e. The van der Waals surface area contributed by atoms with E-state index < -0.39 is 124 Å². The molecule has 2 aliphatic rings. The van der Waals surface area contributed by atoms with Gasteiger partial charge in [-0.05, 0) is 6.42 Å². The van der Waals surface area contributed by atoms with Gasteiger partial charge in [-0.3, -0.25) is 4.79 Å². The van der Waals surface area contributed by atoms with Crippen molar-refractivity contribution >= 4 is 5.78 Å². The minimum atomic E-state index is -2.16. The van der Waals surface area contributed by atoms with Crippen LogP contribution in [0.3, 0.4) is 0 Å². The van der Waals surface area contributed by atoms with Crippen molar-refractivity contribution in [3.8, 4) is 0 Å². The summed E-state index contributed by atoms with van der Waals surface area (Å²) >= 11 is 0.